The highest BCUT2D eigenvalue weighted by molar-refractivity contribution is 6.35. The Morgan fingerprint density at radius 1 is 1.32 bits per heavy atom. The molecule has 2 atom stereocenters. The van der Waals surface area contributed by atoms with Crippen LogP contribution in [-0.2, 0) is 11.3 Å². The van der Waals surface area contributed by atoms with Crippen molar-refractivity contribution in [3.8, 4) is 6.07 Å². The molecule has 1 aromatic carbocycles. The minimum Gasteiger partial charge on any atom is -0.373 e. The van der Waals surface area contributed by atoms with Crippen molar-refractivity contribution in [1.29, 1.82) is 5.26 Å². The second-order valence-corrected chi connectivity index (χ2v) is 6.31. The molecule has 0 unspecified atom stereocenters. The molecule has 0 aliphatic carbocycles. The first kappa shape index (κ1) is 15.2. The Morgan fingerprint density at radius 3 is 2.73 bits per heavy atom. The molecule has 22 heavy (non-hydrogen) atoms. The fourth-order valence-corrected chi connectivity index (χ4v) is 3.32. The van der Waals surface area contributed by atoms with Gasteiger partial charge in [0.05, 0.1) is 22.7 Å². The van der Waals surface area contributed by atoms with Crippen LogP contribution in [0.2, 0.25) is 5.02 Å². The molecule has 1 aliphatic heterocycles. The van der Waals surface area contributed by atoms with Gasteiger partial charge in [-0.3, -0.25) is 4.90 Å². The molecule has 0 saturated carbocycles. The first-order chi connectivity index (χ1) is 10.5. The standard InChI is InChI=1S/C17H18ClN3O/c1-11-8-21(9-12(2)22-11)10-13-3-4-15-16(18)6-14(7-19)20-17(15)5-13/h3-6,11-12H,8-10H2,1-2H3/t11-,12+. The van der Waals surface area contributed by atoms with Gasteiger partial charge in [-0.05, 0) is 31.5 Å². The molecular weight excluding hydrogens is 298 g/mol. The first-order valence-electron chi connectivity index (χ1n) is 7.42. The average molecular weight is 316 g/mol. The SMILES string of the molecule is C[C@@H]1CN(Cc2ccc3c(Cl)cc(C#N)nc3c2)C[C@H](C)O1. The summed E-state index contributed by atoms with van der Waals surface area (Å²) >= 11 is 6.21. The topological polar surface area (TPSA) is 49.2 Å². The second kappa shape index (κ2) is 6.21. The van der Waals surface area contributed by atoms with Gasteiger partial charge < -0.3 is 4.74 Å². The summed E-state index contributed by atoms with van der Waals surface area (Å²) in [5, 5.41) is 10.5. The summed E-state index contributed by atoms with van der Waals surface area (Å²) in [5.74, 6) is 0. The van der Waals surface area contributed by atoms with Crippen molar-refractivity contribution in [3.05, 3.63) is 40.5 Å². The quantitative estimate of drug-likeness (QED) is 0.852. The fourth-order valence-electron chi connectivity index (χ4n) is 3.06. The lowest BCUT2D eigenvalue weighted by Gasteiger charge is -2.35. The number of morpholine rings is 1. The van der Waals surface area contributed by atoms with Gasteiger partial charge in [0.1, 0.15) is 11.8 Å². The van der Waals surface area contributed by atoms with E-state index in [1.807, 2.05) is 18.2 Å². The number of pyridine rings is 1. The largest absolute Gasteiger partial charge is 0.373 e. The summed E-state index contributed by atoms with van der Waals surface area (Å²) in [6.45, 7) is 6.90. The smallest absolute Gasteiger partial charge is 0.142 e. The number of hydrogen-bond donors (Lipinski definition) is 0. The predicted molar refractivity (Wildman–Crippen MR) is 86.8 cm³/mol. The van der Waals surface area contributed by atoms with Crippen molar-refractivity contribution in [2.45, 2.75) is 32.6 Å². The van der Waals surface area contributed by atoms with Gasteiger partial charge in [-0.2, -0.15) is 5.26 Å². The summed E-state index contributed by atoms with van der Waals surface area (Å²) in [7, 11) is 0. The summed E-state index contributed by atoms with van der Waals surface area (Å²) in [4.78, 5) is 6.73. The number of hydrogen-bond acceptors (Lipinski definition) is 4. The number of fused-ring (bicyclic) bond motifs is 1. The van der Waals surface area contributed by atoms with Gasteiger partial charge >= 0.3 is 0 Å². The Bertz CT molecular complexity index is 730. The van der Waals surface area contributed by atoms with Crippen molar-refractivity contribution >= 4 is 22.5 Å². The van der Waals surface area contributed by atoms with Crippen LogP contribution in [0, 0.1) is 11.3 Å². The van der Waals surface area contributed by atoms with E-state index < -0.39 is 0 Å². The van der Waals surface area contributed by atoms with Crippen molar-refractivity contribution in [2.24, 2.45) is 0 Å². The molecular formula is C17H18ClN3O. The fraction of sp³-hybridized carbons (Fsp3) is 0.412. The molecule has 5 heteroatoms. The monoisotopic (exact) mass is 315 g/mol. The Hall–Kier alpha value is -1.67. The number of nitriles is 1. The van der Waals surface area contributed by atoms with E-state index >= 15 is 0 Å². The van der Waals surface area contributed by atoms with Crippen LogP contribution in [0.5, 0.6) is 0 Å². The lowest BCUT2D eigenvalue weighted by Crippen LogP contribution is -2.44. The number of aromatic nitrogens is 1. The molecule has 1 aromatic heterocycles. The molecule has 0 amide bonds. The number of benzene rings is 1. The van der Waals surface area contributed by atoms with Gasteiger partial charge in [0.15, 0.2) is 0 Å². The number of rotatable bonds is 2. The third-order valence-electron chi connectivity index (χ3n) is 3.84. The normalized spacial score (nSPS) is 22.6. The molecule has 1 fully saturated rings. The molecule has 2 heterocycles. The highest BCUT2D eigenvalue weighted by Gasteiger charge is 2.22. The van der Waals surface area contributed by atoms with Crippen LogP contribution in [0.1, 0.15) is 25.1 Å². The van der Waals surface area contributed by atoms with Gasteiger partial charge in [0.25, 0.3) is 0 Å². The zero-order valence-electron chi connectivity index (χ0n) is 12.7. The van der Waals surface area contributed by atoms with E-state index in [1.165, 1.54) is 5.56 Å². The third-order valence-corrected chi connectivity index (χ3v) is 4.15. The van der Waals surface area contributed by atoms with E-state index in [0.29, 0.717) is 10.7 Å². The maximum atomic E-state index is 9.02. The van der Waals surface area contributed by atoms with E-state index in [-0.39, 0.29) is 12.2 Å². The lowest BCUT2D eigenvalue weighted by atomic mass is 10.1. The number of ether oxygens (including phenoxy) is 1. The van der Waals surface area contributed by atoms with Crippen molar-refractivity contribution in [3.63, 3.8) is 0 Å². The minimum atomic E-state index is 0.252. The molecule has 0 bridgehead atoms. The van der Waals surface area contributed by atoms with Crippen molar-refractivity contribution in [2.75, 3.05) is 13.1 Å². The molecule has 1 aliphatic rings. The van der Waals surface area contributed by atoms with Gasteiger partial charge in [-0.15, -0.1) is 0 Å². The number of nitrogens with zero attached hydrogens (tertiary/aromatic N) is 3. The molecule has 114 valence electrons. The van der Waals surface area contributed by atoms with Crippen LogP contribution in [-0.4, -0.2) is 35.2 Å². The van der Waals surface area contributed by atoms with E-state index in [1.54, 1.807) is 6.07 Å². The first-order valence-corrected chi connectivity index (χ1v) is 7.80. The third kappa shape index (κ3) is 3.22. The molecule has 0 spiro atoms. The Balaban J connectivity index is 1.87. The lowest BCUT2D eigenvalue weighted by molar-refractivity contribution is -0.0704. The summed E-state index contributed by atoms with van der Waals surface area (Å²) < 4.78 is 5.76. The number of halogens is 1. The van der Waals surface area contributed by atoms with Gasteiger partial charge in [-0.1, -0.05) is 23.7 Å². The van der Waals surface area contributed by atoms with Crippen molar-refractivity contribution in [1.82, 2.24) is 9.88 Å². The average Bonchev–Trinajstić information content (AvgIpc) is 2.45. The maximum Gasteiger partial charge on any atom is 0.142 e. The Kier molecular flexibility index (Phi) is 4.30. The maximum absolute atomic E-state index is 9.02. The second-order valence-electron chi connectivity index (χ2n) is 5.90. The molecule has 2 aromatic rings. The van der Waals surface area contributed by atoms with E-state index in [4.69, 9.17) is 21.6 Å². The van der Waals surface area contributed by atoms with Gasteiger partial charge in [0.2, 0.25) is 0 Å². The van der Waals surface area contributed by atoms with Crippen LogP contribution in [0.15, 0.2) is 24.3 Å². The molecule has 3 rings (SSSR count). The summed E-state index contributed by atoms with van der Waals surface area (Å²) in [6, 6.07) is 9.73. The highest BCUT2D eigenvalue weighted by Crippen LogP contribution is 2.25. The van der Waals surface area contributed by atoms with E-state index in [0.717, 1.165) is 30.5 Å². The van der Waals surface area contributed by atoms with Gasteiger partial charge in [-0.25, -0.2) is 4.98 Å². The van der Waals surface area contributed by atoms with Crippen LogP contribution < -0.4 is 0 Å². The molecule has 1 saturated heterocycles. The van der Waals surface area contributed by atoms with E-state index in [9.17, 15) is 0 Å². The molecule has 4 nitrogen and oxygen atoms in total. The van der Waals surface area contributed by atoms with E-state index in [2.05, 4.69) is 29.8 Å². The summed E-state index contributed by atoms with van der Waals surface area (Å²) in [5.41, 5.74) is 2.30. The van der Waals surface area contributed by atoms with Crippen LogP contribution in [0.25, 0.3) is 10.9 Å². The Morgan fingerprint density at radius 2 is 2.05 bits per heavy atom. The zero-order chi connectivity index (χ0) is 15.7. The molecule has 0 N–H and O–H groups in total. The minimum absolute atomic E-state index is 0.252. The molecule has 0 radical (unpaired) electrons. The van der Waals surface area contributed by atoms with Crippen LogP contribution in [0.3, 0.4) is 0 Å². The van der Waals surface area contributed by atoms with Crippen LogP contribution in [0.4, 0.5) is 0 Å². The zero-order valence-corrected chi connectivity index (χ0v) is 13.5. The van der Waals surface area contributed by atoms with Crippen molar-refractivity contribution < 1.29 is 4.74 Å². The van der Waals surface area contributed by atoms with Crippen LogP contribution >= 0.6 is 11.6 Å². The van der Waals surface area contributed by atoms with Gasteiger partial charge in [0, 0.05) is 25.0 Å². The Labute approximate surface area is 135 Å². The predicted octanol–water partition coefficient (Wildman–Crippen LogP) is 3.37. The highest BCUT2D eigenvalue weighted by atomic mass is 35.5. The summed E-state index contributed by atoms with van der Waals surface area (Å²) in [6.07, 6.45) is 0.504.